The number of rotatable bonds is 5. The van der Waals surface area contributed by atoms with E-state index in [1.807, 2.05) is 0 Å². The van der Waals surface area contributed by atoms with Crippen LogP contribution in [-0.4, -0.2) is 18.1 Å². The molecule has 0 atom stereocenters. The first kappa shape index (κ1) is 11.5. The minimum atomic E-state index is -0.412. The van der Waals surface area contributed by atoms with Crippen LogP contribution < -0.4 is 10.5 Å². The Morgan fingerprint density at radius 2 is 2.27 bits per heavy atom. The topological polar surface area (TPSA) is 78.4 Å². The van der Waals surface area contributed by atoms with Crippen LogP contribution in [0.25, 0.3) is 0 Å². The Kier molecular flexibility index (Phi) is 4.05. The fraction of sp³-hybridized carbons (Fsp3) is 0.400. The molecule has 0 spiro atoms. The second-order valence-electron chi connectivity index (χ2n) is 3.20. The predicted octanol–water partition coefficient (Wildman–Crippen LogP) is 1.63. The first-order chi connectivity index (χ1) is 7.15. The molecule has 1 aromatic carbocycles. The van der Waals surface area contributed by atoms with Gasteiger partial charge in [0.25, 0.3) is 5.69 Å². The van der Waals surface area contributed by atoms with Crippen molar-refractivity contribution in [1.82, 2.24) is 0 Å². The maximum absolute atomic E-state index is 10.6. The fourth-order valence-electron chi connectivity index (χ4n) is 1.15. The number of nitro groups is 1. The molecule has 0 heterocycles. The summed E-state index contributed by atoms with van der Waals surface area (Å²) in [5.41, 5.74) is 6.02. The molecule has 0 saturated heterocycles. The molecule has 82 valence electrons. The SMILES string of the molecule is Cc1ccc(OCCCN)cc1[N+](=O)[O-]. The summed E-state index contributed by atoms with van der Waals surface area (Å²) in [5.74, 6) is 0.515. The lowest BCUT2D eigenvalue weighted by Crippen LogP contribution is -2.06. The normalized spacial score (nSPS) is 10.0. The van der Waals surface area contributed by atoms with Gasteiger partial charge < -0.3 is 10.5 Å². The second kappa shape index (κ2) is 5.31. The molecule has 2 N–H and O–H groups in total. The van der Waals surface area contributed by atoms with E-state index in [0.717, 1.165) is 6.42 Å². The Labute approximate surface area is 88.0 Å². The lowest BCUT2D eigenvalue weighted by Gasteiger charge is -2.05. The monoisotopic (exact) mass is 210 g/mol. The maximum Gasteiger partial charge on any atom is 0.275 e. The summed E-state index contributed by atoms with van der Waals surface area (Å²) in [6.45, 7) is 2.73. The Balaban J connectivity index is 2.74. The predicted molar refractivity (Wildman–Crippen MR) is 57.0 cm³/mol. The van der Waals surface area contributed by atoms with Crippen molar-refractivity contribution in [3.05, 3.63) is 33.9 Å². The Morgan fingerprint density at radius 1 is 1.53 bits per heavy atom. The molecule has 0 saturated carbocycles. The summed E-state index contributed by atoms with van der Waals surface area (Å²) in [5, 5.41) is 10.6. The molecule has 1 aromatic rings. The largest absolute Gasteiger partial charge is 0.493 e. The van der Waals surface area contributed by atoms with Gasteiger partial charge in [-0.15, -0.1) is 0 Å². The van der Waals surface area contributed by atoms with Gasteiger partial charge in [0.2, 0.25) is 0 Å². The molecule has 5 heteroatoms. The number of hydrogen-bond acceptors (Lipinski definition) is 4. The highest BCUT2D eigenvalue weighted by Gasteiger charge is 2.11. The third-order valence-corrected chi connectivity index (χ3v) is 1.99. The van der Waals surface area contributed by atoms with E-state index >= 15 is 0 Å². The molecule has 0 amide bonds. The number of nitro benzene ring substituents is 1. The highest BCUT2D eigenvalue weighted by molar-refractivity contribution is 5.45. The molecule has 0 aliphatic rings. The number of nitrogens with zero attached hydrogens (tertiary/aromatic N) is 1. The minimum Gasteiger partial charge on any atom is -0.493 e. The fourth-order valence-corrected chi connectivity index (χ4v) is 1.15. The molecule has 0 unspecified atom stereocenters. The van der Waals surface area contributed by atoms with Gasteiger partial charge in [0, 0.05) is 5.56 Å². The van der Waals surface area contributed by atoms with Crippen LogP contribution in [0.2, 0.25) is 0 Å². The van der Waals surface area contributed by atoms with Gasteiger partial charge in [0.05, 0.1) is 17.6 Å². The lowest BCUT2D eigenvalue weighted by molar-refractivity contribution is -0.385. The van der Waals surface area contributed by atoms with Crippen molar-refractivity contribution in [3.8, 4) is 5.75 Å². The van der Waals surface area contributed by atoms with E-state index in [1.165, 1.54) is 6.07 Å². The van der Waals surface area contributed by atoms with Crippen molar-refractivity contribution in [1.29, 1.82) is 0 Å². The third-order valence-electron chi connectivity index (χ3n) is 1.99. The van der Waals surface area contributed by atoms with Crippen molar-refractivity contribution in [3.63, 3.8) is 0 Å². The van der Waals surface area contributed by atoms with Crippen LogP contribution >= 0.6 is 0 Å². The highest BCUT2D eigenvalue weighted by Crippen LogP contribution is 2.23. The van der Waals surface area contributed by atoms with Crippen molar-refractivity contribution in [2.45, 2.75) is 13.3 Å². The van der Waals surface area contributed by atoms with Gasteiger partial charge in [-0.05, 0) is 32.0 Å². The average molecular weight is 210 g/mol. The zero-order valence-corrected chi connectivity index (χ0v) is 8.60. The molecular formula is C10H14N2O3. The van der Waals surface area contributed by atoms with Crippen LogP contribution in [0.15, 0.2) is 18.2 Å². The van der Waals surface area contributed by atoms with Crippen molar-refractivity contribution >= 4 is 5.69 Å². The van der Waals surface area contributed by atoms with E-state index in [4.69, 9.17) is 10.5 Å². The van der Waals surface area contributed by atoms with Gasteiger partial charge in [0.1, 0.15) is 5.75 Å². The Hall–Kier alpha value is -1.62. The summed E-state index contributed by atoms with van der Waals surface area (Å²) >= 11 is 0. The first-order valence-corrected chi connectivity index (χ1v) is 4.73. The molecule has 0 aromatic heterocycles. The zero-order valence-electron chi connectivity index (χ0n) is 8.60. The molecule has 0 fully saturated rings. The number of nitrogens with two attached hydrogens (primary N) is 1. The van der Waals surface area contributed by atoms with Gasteiger partial charge in [-0.25, -0.2) is 0 Å². The second-order valence-corrected chi connectivity index (χ2v) is 3.20. The first-order valence-electron chi connectivity index (χ1n) is 4.73. The summed E-state index contributed by atoms with van der Waals surface area (Å²) in [7, 11) is 0. The van der Waals surface area contributed by atoms with E-state index in [2.05, 4.69) is 0 Å². The van der Waals surface area contributed by atoms with Gasteiger partial charge in [-0.3, -0.25) is 10.1 Å². The smallest absolute Gasteiger partial charge is 0.275 e. The van der Waals surface area contributed by atoms with Crippen LogP contribution in [0.4, 0.5) is 5.69 Å². The van der Waals surface area contributed by atoms with Crippen molar-refractivity contribution < 1.29 is 9.66 Å². The average Bonchev–Trinajstić information content (AvgIpc) is 2.20. The van der Waals surface area contributed by atoms with E-state index in [9.17, 15) is 10.1 Å². The molecule has 0 aliphatic heterocycles. The molecule has 0 bridgehead atoms. The van der Waals surface area contributed by atoms with Crippen LogP contribution in [0.3, 0.4) is 0 Å². The van der Waals surface area contributed by atoms with Gasteiger partial charge in [0.15, 0.2) is 0 Å². The lowest BCUT2D eigenvalue weighted by atomic mass is 10.2. The Bertz CT molecular complexity index is 353. The highest BCUT2D eigenvalue weighted by atomic mass is 16.6. The maximum atomic E-state index is 10.6. The molecule has 0 radical (unpaired) electrons. The van der Waals surface area contributed by atoms with Crippen LogP contribution in [0, 0.1) is 17.0 Å². The minimum absolute atomic E-state index is 0.0836. The summed E-state index contributed by atoms with van der Waals surface area (Å²) < 4.78 is 5.31. The van der Waals surface area contributed by atoms with Crippen molar-refractivity contribution in [2.75, 3.05) is 13.2 Å². The number of hydrogen-bond donors (Lipinski definition) is 1. The summed E-state index contributed by atoms with van der Waals surface area (Å²) in [6.07, 6.45) is 0.738. The quantitative estimate of drug-likeness (QED) is 0.455. The van der Waals surface area contributed by atoms with E-state index in [1.54, 1.807) is 19.1 Å². The number of benzene rings is 1. The summed E-state index contributed by atoms with van der Waals surface area (Å²) in [4.78, 5) is 10.2. The van der Waals surface area contributed by atoms with E-state index < -0.39 is 4.92 Å². The summed E-state index contributed by atoms with van der Waals surface area (Å²) in [6, 6.07) is 4.83. The van der Waals surface area contributed by atoms with Gasteiger partial charge in [-0.2, -0.15) is 0 Å². The molecule has 15 heavy (non-hydrogen) atoms. The van der Waals surface area contributed by atoms with Crippen LogP contribution in [0.1, 0.15) is 12.0 Å². The number of ether oxygens (including phenoxy) is 1. The Morgan fingerprint density at radius 3 is 2.87 bits per heavy atom. The standard InChI is InChI=1S/C10H14N2O3/c1-8-3-4-9(15-6-2-5-11)7-10(8)12(13)14/h3-4,7H,2,5-6,11H2,1H3. The molecular weight excluding hydrogens is 196 g/mol. The third kappa shape index (κ3) is 3.21. The van der Waals surface area contributed by atoms with Gasteiger partial charge >= 0.3 is 0 Å². The number of aryl methyl sites for hydroxylation is 1. The van der Waals surface area contributed by atoms with Crippen molar-refractivity contribution in [2.24, 2.45) is 5.73 Å². The molecule has 0 aliphatic carbocycles. The van der Waals surface area contributed by atoms with Gasteiger partial charge in [-0.1, -0.05) is 0 Å². The van der Waals surface area contributed by atoms with E-state index in [-0.39, 0.29) is 5.69 Å². The molecule has 1 rings (SSSR count). The van der Waals surface area contributed by atoms with E-state index in [0.29, 0.717) is 24.5 Å². The zero-order chi connectivity index (χ0) is 11.3. The van der Waals surface area contributed by atoms with Crippen LogP contribution in [-0.2, 0) is 0 Å². The molecule has 5 nitrogen and oxygen atoms in total. The van der Waals surface area contributed by atoms with Crippen LogP contribution in [0.5, 0.6) is 5.75 Å².